The molecule has 0 bridgehead atoms. The maximum atomic E-state index is 14.1. The highest BCUT2D eigenvalue weighted by molar-refractivity contribution is 5.61. The minimum Gasteiger partial charge on any atom is -0.372 e. The number of rotatable bonds is 4. The fourth-order valence-electron chi connectivity index (χ4n) is 2.05. The van der Waals surface area contributed by atoms with Gasteiger partial charge in [-0.2, -0.15) is 14.9 Å². The first-order chi connectivity index (χ1) is 11.6. The van der Waals surface area contributed by atoms with Gasteiger partial charge in [-0.1, -0.05) is 0 Å². The number of aromatic nitrogens is 6. The van der Waals surface area contributed by atoms with Crippen molar-refractivity contribution in [1.29, 1.82) is 5.26 Å². The van der Waals surface area contributed by atoms with E-state index in [0.717, 1.165) is 0 Å². The van der Waals surface area contributed by atoms with E-state index >= 15 is 0 Å². The van der Waals surface area contributed by atoms with E-state index in [9.17, 15) is 4.39 Å². The summed E-state index contributed by atoms with van der Waals surface area (Å²) in [5.74, 6) is 0.591. The number of tetrazole rings is 1. The largest absolute Gasteiger partial charge is 0.372 e. The highest BCUT2D eigenvalue weighted by Crippen LogP contribution is 2.22. The summed E-state index contributed by atoms with van der Waals surface area (Å²) in [5.41, 5.74) is 1.04. The third-order valence-electron chi connectivity index (χ3n) is 3.21. The van der Waals surface area contributed by atoms with Crippen LogP contribution >= 0.6 is 0 Å². The second-order valence-corrected chi connectivity index (χ2v) is 4.74. The number of benzene rings is 1. The summed E-state index contributed by atoms with van der Waals surface area (Å²) >= 11 is 0. The second kappa shape index (κ2) is 6.25. The Bertz CT molecular complexity index is 928. The molecular formula is C14H12FN9. The summed E-state index contributed by atoms with van der Waals surface area (Å²) in [6.07, 6.45) is 1.36. The summed E-state index contributed by atoms with van der Waals surface area (Å²) in [6, 6.07) is 6.36. The van der Waals surface area contributed by atoms with Crippen molar-refractivity contribution in [2.45, 2.75) is 6.92 Å². The van der Waals surface area contributed by atoms with Crippen molar-refractivity contribution >= 4 is 17.5 Å². The van der Waals surface area contributed by atoms with Gasteiger partial charge in [0.2, 0.25) is 5.95 Å². The number of nitriles is 1. The first-order valence-corrected chi connectivity index (χ1v) is 6.89. The van der Waals surface area contributed by atoms with Crippen LogP contribution in [0.15, 0.2) is 24.4 Å². The van der Waals surface area contributed by atoms with Gasteiger partial charge in [0.1, 0.15) is 23.3 Å². The smallest absolute Gasteiger partial charge is 0.229 e. The van der Waals surface area contributed by atoms with Crippen molar-refractivity contribution in [1.82, 2.24) is 30.2 Å². The molecule has 0 saturated carbocycles. The molecule has 10 heteroatoms. The summed E-state index contributed by atoms with van der Waals surface area (Å²) in [4.78, 5) is 8.14. The Morgan fingerprint density at radius 3 is 2.83 bits per heavy atom. The molecule has 0 aliphatic heterocycles. The Morgan fingerprint density at radius 2 is 2.17 bits per heavy atom. The minimum absolute atomic E-state index is 0.155. The monoisotopic (exact) mass is 325 g/mol. The van der Waals surface area contributed by atoms with Gasteiger partial charge in [-0.05, 0) is 35.5 Å². The SMILES string of the molecule is CNc1nc(Nc2cc(-n3nnnc3C)ccc2F)ncc1C#N. The maximum Gasteiger partial charge on any atom is 0.229 e. The van der Waals surface area contributed by atoms with Gasteiger partial charge in [0.25, 0.3) is 0 Å². The van der Waals surface area contributed by atoms with Crippen molar-refractivity contribution in [3.05, 3.63) is 41.6 Å². The molecule has 0 aliphatic carbocycles. The Hall–Kier alpha value is -3.61. The Morgan fingerprint density at radius 1 is 1.33 bits per heavy atom. The molecule has 0 spiro atoms. The molecule has 3 aromatic rings. The van der Waals surface area contributed by atoms with Crippen LogP contribution in [0.2, 0.25) is 0 Å². The normalized spacial score (nSPS) is 10.2. The molecule has 0 amide bonds. The number of nitrogens with one attached hydrogen (secondary N) is 2. The fraction of sp³-hybridized carbons (Fsp3) is 0.143. The van der Waals surface area contributed by atoms with Crippen LogP contribution in [0, 0.1) is 24.1 Å². The van der Waals surface area contributed by atoms with E-state index in [4.69, 9.17) is 5.26 Å². The van der Waals surface area contributed by atoms with E-state index in [-0.39, 0.29) is 11.6 Å². The molecule has 2 N–H and O–H groups in total. The van der Waals surface area contributed by atoms with Gasteiger partial charge < -0.3 is 10.6 Å². The number of hydrogen-bond donors (Lipinski definition) is 2. The first-order valence-electron chi connectivity index (χ1n) is 6.89. The van der Waals surface area contributed by atoms with Crippen molar-refractivity contribution in [2.24, 2.45) is 0 Å². The highest BCUT2D eigenvalue weighted by Gasteiger charge is 2.11. The molecule has 3 rings (SSSR count). The molecule has 0 atom stereocenters. The van der Waals surface area contributed by atoms with Crippen LogP contribution < -0.4 is 10.6 Å². The van der Waals surface area contributed by atoms with Crippen LogP contribution in [0.3, 0.4) is 0 Å². The van der Waals surface area contributed by atoms with Crippen molar-refractivity contribution in [3.8, 4) is 11.8 Å². The predicted molar refractivity (Wildman–Crippen MR) is 83.4 cm³/mol. The molecule has 0 unspecified atom stereocenters. The average molecular weight is 325 g/mol. The van der Waals surface area contributed by atoms with Crippen LogP contribution in [-0.4, -0.2) is 37.2 Å². The number of hydrogen-bond acceptors (Lipinski definition) is 8. The molecule has 0 radical (unpaired) electrons. The van der Waals surface area contributed by atoms with Crippen LogP contribution in [0.1, 0.15) is 11.4 Å². The summed E-state index contributed by atoms with van der Waals surface area (Å²) in [7, 11) is 1.63. The van der Waals surface area contributed by atoms with Gasteiger partial charge in [-0.3, -0.25) is 0 Å². The third-order valence-corrected chi connectivity index (χ3v) is 3.21. The minimum atomic E-state index is -0.483. The molecule has 2 heterocycles. The summed E-state index contributed by atoms with van der Waals surface area (Å²) in [5, 5.41) is 25.8. The van der Waals surface area contributed by atoms with Gasteiger partial charge in [0, 0.05) is 7.05 Å². The lowest BCUT2D eigenvalue weighted by Crippen LogP contribution is -2.05. The van der Waals surface area contributed by atoms with E-state index in [2.05, 4.69) is 36.1 Å². The van der Waals surface area contributed by atoms with Crippen molar-refractivity contribution in [3.63, 3.8) is 0 Å². The van der Waals surface area contributed by atoms with E-state index in [1.807, 2.05) is 6.07 Å². The van der Waals surface area contributed by atoms with Crippen molar-refractivity contribution < 1.29 is 4.39 Å². The predicted octanol–water partition coefficient (Wildman–Crippen LogP) is 1.56. The number of halogens is 1. The standard InChI is InChI=1S/C14H12FN9/c1-8-21-22-23-24(8)10-3-4-11(15)12(5-10)19-14-18-7-9(6-16)13(17-2)20-14/h3-5,7H,1-2H3,(H2,17,18,19,20). The lowest BCUT2D eigenvalue weighted by molar-refractivity contribution is 0.630. The van der Waals surface area contributed by atoms with Crippen LogP contribution in [-0.2, 0) is 0 Å². The van der Waals surface area contributed by atoms with Gasteiger partial charge in [0.15, 0.2) is 5.82 Å². The van der Waals surface area contributed by atoms with Crippen molar-refractivity contribution in [2.75, 3.05) is 17.7 Å². The third kappa shape index (κ3) is 2.82. The number of aryl methyl sites for hydroxylation is 1. The van der Waals surface area contributed by atoms with Gasteiger partial charge in [0.05, 0.1) is 17.6 Å². The van der Waals surface area contributed by atoms with E-state index in [0.29, 0.717) is 22.9 Å². The van der Waals surface area contributed by atoms with E-state index in [1.54, 1.807) is 26.1 Å². The quantitative estimate of drug-likeness (QED) is 0.742. The topological polar surface area (TPSA) is 117 Å². The Labute approximate surface area is 136 Å². The van der Waals surface area contributed by atoms with Crippen LogP contribution in [0.4, 0.5) is 21.8 Å². The zero-order valence-electron chi connectivity index (χ0n) is 12.8. The Kier molecular flexibility index (Phi) is 3.98. The molecule has 2 aromatic heterocycles. The molecule has 120 valence electrons. The summed E-state index contributed by atoms with van der Waals surface area (Å²) < 4.78 is 15.6. The zero-order chi connectivity index (χ0) is 17.1. The molecule has 9 nitrogen and oxygen atoms in total. The molecule has 1 aromatic carbocycles. The van der Waals surface area contributed by atoms with Gasteiger partial charge in [-0.15, -0.1) is 5.10 Å². The van der Waals surface area contributed by atoms with E-state index < -0.39 is 5.82 Å². The summed E-state index contributed by atoms with van der Waals surface area (Å²) in [6.45, 7) is 1.74. The lowest BCUT2D eigenvalue weighted by Gasteiger charge is -2.10. The number of anilines is 3. The number of nitrogens with zero attached hydrogens (tertiary/aromatic N) is 7. The molecular weight excluding hydrogens is 313 g/mol. The van der Waals surface area contributed by atoms with Crippen LogP contribution in [0.5, 0.6) is 0 Å². The van der Waals surface area contributed by atoms with Crippen LogP contribution in [0.25, 0.3) is 5.69 Å². The lowest BCUT2D eigenvalue weighted by atomic mass is 10.2. The average Bonchev–Trinajstić information content (AvgIpc) is 3.02. The first kappa shape index (κ1) is 15.3. The molecule has 0 saturated heterocycles. The van der Waals surface area contributed by atoms with E-state index in [1.165, 1.54) is 16.9 Å². The molecule has 24 heavy (non-hydrogen) atoms. The molecule has 0 fully saturated rings. The van der Waals surface area contributed by atoms with Gasteiger partial charge in [-0.25, -0.2) is 9.37 Å². The highest BCUT2D eigenvalue weighted by atomic mass is 19.1. The zero-order valence-corrected chi connectivity index (χ0v) is 12.8. The molecule has 0 aliphatic rings. The fourth-order valence-corrected chi connectivity index (χ4v) is 2.05. The Balaban J connectivity index is 1.96. The van der Waals surface area contributed by atoms with Gasteiger partial charge >= 0.3 is 0 Å². The maximum absolute atomic E-state index is 14.1. The second-order valence-electron chi connectivity index (χ2n) is 4.74.